The summed E-state index contributed by atoms with van der Waals surface area (Å²) in [4.78, 5) is 0. The van der Waals surface area contributed by atoms with Crippen molar-refractivity contribution in [2.24, 2.45) is 0 Å². The lowest BCUT2D eigenvalue weighted by Gasteiger charge is -2.06. The molecule has 0 atom stereocenters. The Balaban J connectivity index is 1.83. The zero-order valence-electron chi connectivity index (χ0n) is 12.0. The van der Waals surface area contributed by atoms with E-state index >= 15 is 0 Å². The average molecular weight is 273 g/mol. The molecule has 1 saturated carbocycles. The van der Waals surface area contributed by atoms with Crippen LogP contribution in [0.4, 0.5) is 4.39 Å². The molecular formula is C16H20FN3. The van der Waals surface area contributed by atoms with Gasteiger partial charge >= 0.3 is 0 Å². The topological polar surface area (TPSA) is 29.9 Å². The zero-order valence-corrected chi connectivity index (χ0v) is 12.0. The highest BCUT2D eigenvalue weighted by Gasteiger charge is 2.20. The van der Waals surface area contributed by atoms with Gasteiger partial charge in [-0.15, -0.1) is 0 Å². The van der Waals surface area contributed by atoms with Crippen molar-refractivity contribution in [1.29, 1.82) is 0 Å². The second-order valence-electron chi connectivity index (χ2n) is 5.45. The summed E-state index contributed by atoms with van der Waals surface area (Å²) in [5, 5.41) is 7.78. The summed E-state index contributed by atoms with van der Waals surface area (Å²) >= 11 is 0. The van der Waals surface area contributed by atoms with E-state index in [4.69, 9.17) is 0 Å². The molecule has 3 nitrogen and oxygen atoms in total. The van der Waals surface area contributed by atoms with Crippen molar-refractivity contribution in [3.05, 3.63) is 41.5 Å². The van der Waals surface area contributed by atoms with E-state index in [1.807, 2.05) is 36.9 Å². The Hall–Kier alpha value is -1.68. The third-order valence-electron chi connectivity index (χ3n) is 3.77. The van der Waals surface area contributed by atoms with Crippen molar-refractivity contribution in [2.45, 2.75) is 45.8 Å². The fourth-order valence-electron chi connectivity index (χ4n) is 2.38. The molecule has 4 heteroatoms. The summed E-state index contributed by atoms with van der Waals surface area (Å²) in [6.07, 6.45) is 4.40. The van der Waals surface area contributed by atoms with E-state index in [2.05, 4.69) is 10.4 Å². The Morgan fingerprint density at radius 2 is 2.15 bits per heavy atom. The van der Waals surface area contributed by atoms with E-state index < -0.39 is 0 Å². The van der Waals surface area contributed by atoms with Crippen LogP contribution in [0.1, 0.15) is 31.0 Å². The van der Waals surface area contributed by atoms with Gasteiger partial charge in [0.2, 0.25) is 0 Å². The Kier molecular flexibility index (Phi) is 3.57. The largest absolute Gasteiger partial charge is 0.310 e. The molecule has 1 aliphatic rings. The number of hydrogen-bond acceptors (Lipinski definition) is 2. The second kappa shape index (κ2) is 5.37. The van der Waals surface area contributed by atoms with Crippen molar-refractivity contribution in [3.8, 4) is 11.1 Å². The van der Waals surface area contributed by atoms with Crippen LogP contribution in [0.3, 0.4) is 0 Å². The van der Waals surface area contributed by atoms with Crippen LogP contribution in [0.15, 0.2) is 24.4 Å². The first-order chi connectivity index (χ1) is 9.67. The predicted octanol–water partition coefficient (Wildman–Crippen LogP) is 3.27. The SMILES string of the molecule is CCn1cc(-c2ccc(CNC3CC3)cc2F)c(C)n1. The normalized spacial score (nSPS) is 14.8. The summed E-state index contributed by atoms with van der Waals surface area (Å²) in [7, 11) is 0. The quantitative estimate of drug-likeness (QED) is 0.906. The van der Waals surface area contributed by atoms with Crippen LogP contribution in [0.2, 0.25) is 0 Å². The number of halogens is 1. The van der Waals surface area contributed by atoms with Gasteiger partial charge in [-0.3, -0.25) is 4.68 Å². The molecule has 0 saturated heterocycles. The van der Waals surface area contributed by atoms with Gasteiger partial charge in [-0.2, -0.15) is 5.10 Å². The molecule has 0 radical (unpaired) electrons. The van der Waals surface area contributed by atoms with E-state index in [0.717, 1.165) is 29.9 Å². The van der Waals surface area contributed by atoms with Crippen molar-refractivity contribution >= 4 is 0 Å². The summed E-state index contributed by atoms with van der Waals surface area (Å²) in [5.74, 6) is -0.168. The van der Waals surface area contributed by atoms with Gasteiger partial charge in [0.15, 0.2) is 0 Å². The highest BCUT2D eigenvalue weighted by molar-refractivity contribution is 5.66. The van der Waals surface area contributed by atoms with Crippen LogP contribution in [0.5, 0.6) is 0 Å². The molecule has 0 amide bonds. The van der Waals surface area contributed by atoms with Crippen molar-refractivity contribution in [2.75, 3.05) is 0 Å². The molecule has 106 valence electrons. The number of aryl methyl sites for hydroxylation is 2. The van der Waals surface area contributed by atoms with E-state index in [1.54, 1.807) is 6.07 Å². The average Bonchev–Trinajstić information content (AvgIpc) is 3.19. The fraction of sp³-hybridized carbons (Fsp3) is 0.438. The summed E-state index contributed by atoms with van der Waals surface area (Å²) < 4.78 is 16.1. The van der Waals surface area contributed by atoms with Gasteiger partial charge in [-0.1, -0.05) is 12.1 Å². The maximum Gasteiger partial charge on any atom is 0.131 e. The number of benzene rings is 1. The lowest BCUT2D eigenvalue weighted by molar-refractivity contribution is 0.622. The lowest BCUT2D eigenvalue weighted by atomic mass is 10.0. The minimum Gasteiger partial charge on any atom is -0.310 e. The molecule has 0 spiro atoms. The van der Waals surface area contributed by atoms with Crippen molar-refractivity contribution in [3.63, 3.8) is 0 Å². The number of rotatable bonds is 5. The third kappa shape index (κ3) is 2.75. The molecule has 0 unspecified atom stereocenters. The molecule has 0 bridgehead atoms. The van der Waals surface area contributed by atoms with Gasteiger partial charge in [-0.05, 0) is 38.3 Å². The first kappa shape index (κ1) is 13.3. The third-order valence-corrected chi connectivity index (χ3v) is 3.77. The summed E-state index contributed by atoms with van der Waals surface area (Å²) in [6, 6.07) is 6.13. The molecule has 2 aromatic rings. The molecule has 1 aromatic carbocycles. The van der Waals surface area contributed by atoms with Crippen LogP contribution >= 0.6 is 0 Å². The number of nitrogens with one attached hydrogen (secondary N) is 1. The molecule has 1 fully saturated rings. The molecule has 0 aliphatic heterocycles. The van der Waals surface area contributed by atoms with E-state index in [9.17, 15) is 4.39 Å². The van der Waals surface area contributed by atoms with Crippen molar-refractivity contribution in [1.82, 2.24) is 15.1 Å². The zero-order chi connectivity index (χ0) is 14.1. The standard InChI is InChI=1S/C16H20FN3/c1-3-20-10-15(11(2)19-20)14-7-4-12(8-16(14)17)9-18-13-5-6-13/h4,7-8,10,13,18H,3,5-6,9H2,1-2H3. The van der Waals surface area contributed by atoms with E-state index in [-0.39, 0.29) is 5.82 Å². The van der Waals surface area contributed by atoms with E-state index in [1.165, 1.54) is 12.8 Å². The molecule has 3 rings (SSSR count). The fourth-order valence-corrected chi connectivity index (χ4v) is 2.38. The molecule has 1 N–H and O–H groups in total. The first-order valence-corrected chi connectivity index (χ1v) is 7.23. The number of aromatic nitrogens is 2. The highest BCUT2D eigenvalue weighted by atomic mass is 19.1. The van der Waals surface area contributed by atoms with Gasteiger partial charge in [0.1, 0.15) is 5.82 Å². The minimum atomic E-state index is -0.168. The van der Waals surface area contributed by atoms with Crippen LogP contribution in [-0.4, -0.2) is 15.8 Å². The number of hydrogen-bond donors (Lipinski definition) is 1. The summed E-state index contributed by atoms with van der Waals surface area (Å²) in [6.45, 7) is 5.49. The van der Waals surface area contributed by atoms with Gasteiger partial charge in [0, 0.05) is 36.5 Å². The number of nitrogens with zero attached hydrogens (tertiary/aromatic N) is 2. The smallest absolute Gasteiger partial charge is 0.131 e. The first-order valence-electron chi connectivity index (χ1n) is 7.23. The van der Waals surface area contributed by atoms with Crippen LogP contribution in [-0.2, 0) is 13.1 Å². The maximum absolute atomic E-state index is 14.3. The van der Waals surface area contributed by atoms with Crippen LogP contribution in [0.25, 0.3) is 11.1 Å². The van der Waals surface area contributed by atoms with E-state index in [0.29, 0.717) is 11.6 Å². The highest BCUT2D eigenvalue weighted by Crippen LogP contribution is 2.26. The van der Waals surface area contributed by atoms with Crippen LogP contribution in [0, 0.1) is 12.7 Å². The maximum atomic E-state index is 14.3. The monoisotopic (exact) mass is 273 g/mol. The Bertz CT molecular complexity index is 614. The molecule has 1 heterocycles. The predicted molar refractivity (Wildman–Crippen MR) is 77.9 cm³/mol. The van der Waals surface area contributed by atoms with Crippen LogP contribution < -0.4 is 5.32 Å². The molecular weight excluding hydrogens is 253 g/mol. The minimum absolute atomic E-state index is 0.168. The molecule has 1 aliphatic carbocycles. The molecule has 20 heavy (non-hydrogen) atoms. The van der Waals surface area contributed by atoms with Gasteiger partial charge in [0.05, 0.1) is 5.69 Å². The Labute approximate surface area is 118 Å². The van der Waals surface area contributed by atoms with Gasteiger partial charge in [0.25, 0.3) is 0 Å². The summed E-state index contributed by atoms with van der Waals surface area (Å²) in [5.41, 5.74) is 3.39. The Morgan fingerprint density at radius 3 is 2.75 bits per heavy atom. The van der Waals surface area contributed by atoms with Crippen molar-refractivity contribution < 1.29 is 4.39 Å². The second-order valence-corrected chi connectivity index (χ2v) is 5.45. The van der Waals surface area contributed by atoms with Gasteiger partial charge < -0.3 is 5.32 Å². The molecule has 1 aromatic heterocycles. The van der Waals surface area contributed by atoms with Gasteiger partial charge in [-0.25, -0.2) is 4.39 Å². The lowest BCUT2D eigenvalue weighted by Crippen LogP contribution is -2.15. The Morgan fingerprint density at radius 1 is 1.35 bits per heavy atom.